The quantitative estimate of drug-likeness (QED) is 0.644. The Morgan fingerprint density at radius 3 is 2.67 bits per heavy atom. The molecular weight excluding hydrogens is 406 g/mol. The van der Waals surface area contributed by atoms with E-state index in [0.717, 1.165) is 25.0 Å². The molecule has 1 N–H and O–H groups in total. The Morgan fingerprint density at radius 2 is 1.93 bits per heavy atom. The van der Waals surface area contributed by atoms with Gasteiger partial charge in [0.2, 0.25) is 0 Å². The number of aromatic nitrogens is 3. The summed E-state index contributed by atoms with van der Waals surface area (Å²) in [7, 11) is 0. The molecule has 30 heavy (non-hydrogen) atoms. The van der Waals surface area contributed by atoms with Crippen LogP contribution in [0, 0.1) is 12.7 Å². The predicted octanol–water partition coefficient (Wildman–Crippen LogP) is 4.00. The van der Waals surface area contributed by atoms with Crippen molar-refractivity contribution in [1.29, 1.82) is 0 Å². The number of rotatable bonds is 3. The predicted molar refractivity (Wildman–Crippen MR) is 97.5 cm³/mol. The zero-order chi connectivity index (χ0) is 21.6. The first kappa shape index (κ1) is 20.1. The number of aromatic hydroxyl groups is 1. The molecule has 0 bridgehead atoms. The van der Waals surface area contributed by atoms with Crippen LogP contribution in [-0.2, 0) is 25.6 Å². The van der Waals surface area contributed by atoms with Gasteiger partial charge >= 0.3 is 6.18 Å². The van der Waals surface area contributed by atoms with Crippen LogP contribution in [0.4, 0.5) is 17.6 Å². The van der Waals surface area contributed by atoms with Crippen LogP contribution in [0.2, 0.25) is 0 Å². The fourth-order valence-electron chi connectivity index (χ4n) is 3.67. The summed E-state index contributed by atoms with van der Waals surface area (Å²) < 4.78 is 59.8. The number of phenolic OH excluding ortho intramolecular Hbond substituents is 1. The van der Waals surface area contributed by atoms with E-state index in [1.807, 2.05) is 0 Å². The van der Waals surface area contributed by atoms with E-state index in [2.05, 4.69) is 10.1 Å². The second kappa shape index (κ2) is 7.26. The van der Waals surface area contributed by atoms with E-state index < -0.39 is 28.9 Å². The minimum atomic E-state index is -4.87. The van der Waals surface area contributed by atoms with E-state index in [-0.39, 0.29) is 29.6 Å². The largest absolute Gasteiger partial charge is 0.505 e. The lowest BCUT2D eigenvalue weighted by atomic mass is 9.97. The number of hydrogen-bond donors (Lipinski definition) is 1. The fourth-order valence-corrected chi connectivity index (χ4v) is 3.67. The summed E-state index contributed by atoms with van der Waals surface area (Å²) in [6, 6.07) is 2.07. The van der Waals surface area contributed by atoms with E-state index in [4.69, 9.17) is 4.52 Å². The average molecular weight is 423 g/mol. The SMILES string of the molecule is Cc1nc2c(c(=O)n1Cc1cc(-c3cc(O)c(F)cc3C(F)(F)F)on1)CCCC2. The second-order valence-electron chi connectivity index (χ2n) is 7.21. The Bertz CT molecular complexity index is 1180. The molecule has 4 rings (SSSR count). The van der Waals surface area contributed by atoms with Crippen molar-refractivity contribution in [3.63, 3.8) is 0 Å². The van der Waals surface area contributed by atoms with Crippen molar-refractivity contribution < 1.29 is 27.2 Å². The summed E-state index contributed by atoms with van der Waals surface area (Å²) in [5.74, 6) is -2.17. The number of alkyl halides is 3. The van der Waals surface area contributed by atoms with Crippen LogP contribution in [0.3, 0.4) is 0 Å². The van der Waals surface area contributed by atoms with Crippen molar-refractivity contribution in [2.24, 2.45) is 0 Å². The molecule has 0 spiro atoms. The molecule has 3 aromatic rings. The number of aryl methyl sites for hydroxylation is 2. The monoisotopic (exact) mass is 423 g/mol. The topological polar surface area (TPSA) is 81.2 Å². The van der Waals surface area contributed by atoms with Gasteiger partial charge in [0.1, 0.15) is 11.5 Å². The van der Waals surface area contributed by atoms with Gasteiger partial charge in [0.05, 0.1) is 17.8 Å². The third-order valence-electron chi connectivity index (χ3n) is 5.17. The third kappa shape index (κ3) is 3.57. The highest BCUT2D eigenvalue weighted by Crippen LogP contribution is 2.40. The Balaban J connectivity index is 1.72. The normalized spacial score (nSPS) is 14.0. The van der Waals surface area contributed by atoms with Gasteiger partial charge in [-0.1, -0.05) is 5.16 Å². The van der Waals surface area contributed by atoms with Gasteiger partial charge < -0.3 is 9.63 Å². The Kier molecular flexibility index (Phi) is 4.87. The molecule has 1 aromatic carbocycles. The van der Waals surface area contributed by atoms with E-state index >= 15 is 0 Å². The summed E-state index contributed by atoms with van der Waals surface area (Å²) in [6.45, 7) is 1.64. The lowest BCUT2D eigenvalue weighted by molar-refractivity contribution is -0.137. The van der Waals surface area contributed by atoms with E-state index in [0.29, 0.717) is 23.9 Å². The van der Waals surface area contributed by atoms with Gasteiger partial charge in [0, 0.05) is 17.2 Å². The molecule has 158 valence electrons. The minimum absolute atomic E-state index is 0.0387. The highest BCUT2D eigenvalue weighted by atomic mass is 19.4. The number of fused-ring (bicyclic) bond motifs is 1. The highest BCUT2D eigenvalue weighted by Gasteiger charge is 2.36. The molecule has 2 heterocycles. The minimum Gasteiger partial charge on any atom is -0.505 e. The molecule has 2 aromatic heterocycles. The molecule has 1 aliphatic carbocycles. The first-order chi connectivity index (χ1) is 14.1. The van der Waals surface area contributed by atoms with Gasteiger partial charge in [-0.25, -0.2) is 9.37 Å². The van der Waals surface area contributed by atoms with Crippen LogP contribution in [0.1, 0.15) is 41.2 Å². The summed E-state index contributed by atoms with van der Waals surface area (Å²) in [6.07, 6.45) is -1.62. The van der Waals surface area contributed by atoms with Gasteiger partial charge in [-0.3, -0.25) is 9.36 Å². The zero-order valence-corrected chi connectivity index (χ0v) is 15.9. The maximum atomic E-state index is 13.5. The fraction of sp³-hybridized carbons (Fsp3) is 0.350. The first-order valence-electron chi connectivity index (χ1n) is 9.30. The maximum absolute atomic E-state index is 13.5. The molecule has 0 saturated heterocycles. The van der Waals surface area contributed by atoms with E-state index in [9.17, 15) is 27.5 Å². The number of halogens is 4. The molecule has 0 atom stereocenters. The van der Waals surface area contributed by atoms with Gasteiger partial charge in [-0.2, -0.15) is 13.2 Å². The summed E-state index contributed by atoms with van der Waals surface area (Å²) in [5, 5.41) is 13.3. The van der Waals surface area contributed by atoms with E-state index in [1.165, 1.54) is 10.6 Å². The van der Waals surface area contributed by atoms with Crippen LogP contribution >= 0.6 is 0 Å². The van der Waals surface area contributed by atoms with Crippen molar-refractivity contribution in [3.8, 4) is 17.1 Å². The lowest BCUT2D eigenvalue weighted by Crippen LogP contribution is -2.31. The molecule has 0 amide bonds. The molecule has 10 heteroatoms. The van der Waals surface area contributed by atoms with Gasteiger partial charge in [-0.05, 0) is 44.7 Å². The first-order valence-corrected chi connectivity index (χ1v) is 9.30. The lowest BCUT2D eigenvalue weighted by Gasteiger charge is -2.17. The van der Waals surface area contributed by atoms with Gasteiger partial charge in [0.15, 0.2) is 17.3 Å². The Morgan fingerprint density at radius 1 is 1.20 bits per heavy atom. The highest BCUT2D eigenvalue weighted by molar-refractivity contribution is 5.65. The summed E-state index contributed by atoms with van der Waals surface area (Å²) in [4.78, 5) is 17.3. The van der Waals surface area contributed by atoms with Crippen LogP contribution in [0.15, 0.2) is 27.5 Å². The number of phenols is 1. The average Bonchev–Trinajstić information content (AvgIpc) is 3.14. The summed E-state index contributed by atoms with van der Waals surface area (Å²) >= 11 is 0. The van der Waals surface area contributed by atoms with Crippen LogP contribution in [0.25, 0.3) is 11.3 Å². The van der Waals surface area contributed by atoms with Gasteiger partial charge in [-0.15, -0.1) is 0 Å². The summed E-state index contributed by atoms with van der Waals surface area (Å²) in [5.41, 5.74) is -0.408. The molecular formula is C20H17F4N3O3. The maximum Gasteiger partial charge on any atom is 0.417 e. The molecule has 0 fully saturated rings. The van der Waals surface area contributed by atoms with Crippen LogP contribution in [-0.4, -0.2) is 19.8 Å². The van der Waals surface area contributed by atoms with E-state index in [1.54, 1.807) is 6.92 Å². The Labute approximate surface area is 167 Å². The smallest absolute Gasteiger partial charge is 0.417 e. The molecule has 1 aliphatic rings. The molecule has 6 nitrogen and oxygen atoms in total. The Hall–Kier alpha value is -3.17. The van der Waals surface area contributed by atoms with Crippen molar-refractivity contribution in [2.75, 3.05) is 0 Å². The molecule has 0 saturated carbocycles. The second-order valence-corrected chi connectivity index (χ2v) is 7.21. The number of nitrogens with zero attached hydrogens (tertiary/aromatic N) is 3. The van der Waals surface area contributed by atoms with Crippen molar-refractivity contribution >= 4 is 0 Å². The van der Waals surface area contributed by atoms with Crippen molar-refractivity contribution in [1.82, 2.24) is 14.7 Å². The van der Waals surface area contributed by atoms with Crippen molar-refractivity contribution in [2.45, 2.75) is 45.3 Å². The van der Waals surface area contributed by atoms with Crippen molar-refractivity contribution in [3.05, 3.63) is 62.7 Å². The third-order valence-corrected chi connectivity index (χ3v) is 5.17. The zero-order valence-electron chi connectivity index (χ0n) is 15.9. The molecule has 0 radical (unpaired) electrons. The molecule has 0 aliphatic heterocycles. The van der Waals surface area contributed by atoms with Crippen LogP contribution < -0.4 is 5.56 Å². The number of hydrogen-bond acceptors (Lipinski definition) is 5. The van der Waals surface area contributed by atoms with Gasteiger partial charge in [0.25, 0.3) is 5.56 Å². The number of benzene rings is 1. The molecule has 0 unspecified atom stereocenters. The standard InChI is InChI=1S/C20H17F4N3O3/c1-10-25-16-5-3-2-4-12(16)19(29)27(10)9-11-6-18(30-26-11)13-7-17(28)15(21)8-14(13)20(22,23)24/h6-8,28H,2-5,9H2,1H3. The van der Waals surface area contributed by atoms with Crippen LogP contribution in [0.5, 0.6) is 5.75 Å².